The van der Waals surface area contributed by atoms with Gasteiger partial charge in [-0.2, -0.15) is 0 Å². The number of hydrogen-bond acceptors (Lipinski definition) is 2. The maximum absolute atomic E-state index is 6.47. The lowest BCUT2D eigenvalue weighted by Crippen LogP contribution is -2.30. The molecular weight excluding hydrogens is 811 g/mol. The third-order valence-corrected chi connectivity index (χ3v) is 14.8. The Kier molecular flexibility index (Phi) is 8.36. The summed E-state index contributed by atoms with van der Waals surface area (Å²) in [6.45, 7) is 0. The van der Waals surface area contributed by atoms with Crippen LogP contribution in [-0.4, -0.2) is 0 Å². The van der Waals surface area contributed by atoms with Crippen LogP contribution in [0, 0.1) is 0 Å². The minimum absolute atomic E-state index is 0.454. The first kappa shape index (κ1) is 37.9. The molecule has 0 aliphatic heterocycles. The molecule has 2 aliphatic rings. The number of nitrogens with zero attached hydrogens (tertiary/aromatic N) is 1. The van der Waals surface area contributed by atoms with Gasteiger partial charge in [0.05, 0.1) is 11.1 Å². The van der Waals surface area contributed by atoms with Crippen LogP contribution in [0.1, 0.15) is 29.5 Å². The highest BCUT2D eigenvalue weighted by molar-refractivity contribution is 6.36. The molecule has 1 aromatic heterocycles. The highest BCUT2D eigenvalue weighted by Gasteiger charge is 2.47. The second kappa shape index (κ2) is 14.8. The van der Waals surface area contributed by atoms with Crippen LogP contribution in [0.5, 0.6) is 0 Å². The SMILES string of the molecule is C1=CCCC(C2(c3ccccc3)c3ccccc3-c3ccc(N(c4ccc5ccccc5c4)c4ccccc4-c4cccc5c6ccc7oc8ccccc8c7c6c6ccccc6c45)cc32)=C1. The summed E-state index contributed by atoms with van der Waals surface area (Å²) in [6, 6.07) is 80.9. The zero-order valence-corrected chi connectivity index (χ0v) is 36.8. The van der Waals surface area contributed by atoms with Crippen molar-refractivity contribution in [1.82, 2.24) is 0 Å². The normalized spacial score (nSPS) is 15.4. The lowest BCUT2D eigenvalue weighted by atomic mass is 9.65. The molecule has 2 nitrogen and oxygen atoms in total. The van der Waals surface area contributed by atoms with Crippen LogP contribution in [0.15, 0.2) is 247 Å². The number of rotatable bonds is 6. The maximum Gasteiger partial charge on any atom is 0.136 e. The third-order valence-electron chi connectivity index (χ3n) is 14.8. The number of allylic oxidation sites excluding steroid dienone is 4. The summed E-state index contributed by atoms with van der Waals surface area (Å²) in [4.78, 5) is 2.51. The van der Waals surface area contributed by atoms with Gasteiger partial charge in [0.1, 0.15) is 11.2 Å². The number of fused-ring (bicyclic) bond motifs is 14. The Morgan fingerprint density at radius 3 is 1.90 bits per heavy atom. The molecule has 0 N–H and O–H groups in total. The third kappa shape index (κ3) is 5.51. The Morgan fingerprint density at radius 1 is 0.403 bits per heavy atom. The van der Waals surface area contributed by atoms with Gasteiger partial charge in [0.25, 0.3) is 0 Å². The maximum atomic E-state index is 6.47. The van der Waals surface area contributed by atoms with Crippen molar-refractivity contribution >= 4 is 82.1 Å². The first-order valence-electron chi connectivity index (χ1n) is 23.5. The van der Waals surface area contributed by atoms with Crippen LogP contribution in [0.25, 0.3) is 87.3 Å². The van der Waals surface area contributed by atoms with Crippen molar-refractivity contribution in [2.75, 3.05) is 4.90 Å². The second-order valence-corrected chi connectivity index (χ2v) is 18.2. The Morgan fingerprint density at radius 2 is 1.04 bits per heavy atom. The summed E-state index contributed by atoms with van der Waals surface area (Å²) in [7, 11) is 0. The van der Waals surface area contributed by atoms with E-state index in [2.05, 4.69) is 242 Å². The predicted molar refractivity (Wildman–Crippen MR) is 282 cm³/mol. The summed E-state index contributed by atoms with van der Waals surface area (Å²) >= 11 is 0. The Labute approximate surface area is 389 Å². The average Bonchev–Trinajstić information content (AvgIpc) is 3.93. The zero-order chi connectivity index (χ0) is 44.1. The van der Waals surface area contributed by atoms with E-state index in [1.165, 1.54) is 93.0 Å². The summed E-state index contributed by atoms with van der Waals surface area (Å²) < 4.78 is 6.47. The van der Waals surface area contributed by atoms with Crippen molar-refractivity contribution in [2.24, 2.45) is 0 Å². The zero-order valence-electron chi connectivity index (χ0n) is 36.8. The highest BCUT2D eigenvalue weighted by atomic mass is 16.3. The van der Waals surface area contributed by atoms with Crippen LogP contribution < -0.4 is 4.90 Å². The minimum atomic E-state index is -0.454. The highest BCUT2D eigenvalue weighted by Crippen LogP contribution is 2.59. The molecule has 2 heteroatoms. The van der Waals surface area contributed by atoms with Crippen molar-refractivity contribution in [3.63, 3.8) is 0 Å². The van der Waals surface area contributed by atoms with E-state index in [0.29, 0.717) is 0 Å². The van der Waals surface area contributed by atoms with Gasteiger partial charge in [-0.05, 0) is 132 Å². The number of hydrogen-bond donors (Lipinski definition) is 0. The van der Waals surface area contributed by atoms with Crippen molar-refractivity contribution in [2.45, 2.75) is 18.3 Å². The summed E-state index contributed by atoms with van der Waals surface area (Å²) in [5.41, 5.74) is 15.1. The van der Waals surface area contributed by atoms with E-state index in [1.807, 2.05) is 0 Å². The topological polar surface area (TPSA) is 16.4 Å². The number of furan rings is 1. The minimum Gasteiger partial charge on any atom is -0.456 e. The molecule has 314 valence electrons. The molecule has 1 unspecified atom stereocenters. The second-order valence-electron chi connectivity index (χ2n) is 18.2. The summed E-state index contributed by atoms with van der Waals surface area (Å²) in [6.07, 6.45) is 8.97. The fraction of sp³-hybridized carbons (Fsp3) is 0.0462. The molecule has 0 saturated heterocycles. The van der Waals surface area contributed by atoms with E-state index in [-0.39, 0.29) is 0 Å². The molecule has 12 aromatic rings. The lowest BCUT2D eigenvalue weighted by Gasteiger charge is -2.37. The van der Waals surface area contributed by atoms with Crippen molar-refractivity contribution in [3.05, 3.63) is 259 Å². The van der Waals surface area contributed by atoms with Crippen LogP contribution >= 0.6 is 0 Å². The van der Waals surface area contributed by atoms with Gasteiger partial charge < -0.3 is 9.32 Å². The molecule has 14 rings (SSSR count). The monoisotopic (exact) mass is 853 g/mol. The molecule has 2 aliphatic carbocycles. The van der Waals surface area contributed by atoms with Gasteiger partial charge in [-0.1, -0.05) is 194 Å². The van der Waals surface area contributed by atoms with E-state index in [1.54, 1.807) is 0 Å². The van der Waals surface area contributed by atoms with E-state index >= 15 is 0 Å². The largest absolute Gasteiger partial charge is 0.456 e. The number of para-hydroxylation sites is 2. The van der Waals surface area contributed by atoms with Crippen molar-refractivity contribution < 1.29 is 4.42 Å². The first-order chi connectivity index (χ1) is 33.3. The summed E-state index contributed by atoms with van der Waals surface area (Å²) in [5, 5.41) is 12.1. The van der Waals surface area contributed by atoms with E-state index in [4.69, 9.17) is 4.42 Å². The molecule has 0 bridgehead atoms. The Hall–Kier alpha value is -8.46. The van der Waals surface area contributed by atoms with Crippen LogP contribution in [0.2, 0.25) is 0 Å². The van der Waals surface area contributed by atoms with Gasteiger partial charge in [-0.25, -0.2) is 0 Å². The fourth-order valence-corrected chi connectivity index (χ4v) is 12.0. The van der Waals surface area contributed by atoms with Gasteiger partial charge in [0.15, 0.2) is 0 Å². The van der Waals surface area contributed by atoms with E-state index in [0.717, 1.165) is 46.5 Å². The smallest absolute Gasteiger partial charge is 0.136 e. The number of anilines is 3. The molecule has 11 aromatic carbocycles. The molecule has 1 heterocycles. The number of benzene rings is 11. The Balaban J connectivity index is 1.06. The van der Waals surface area contributed by atoms with E-state index in [9.17, 15) is 0 Å². The van der Waals surface area contributed by atoms with Gasteiger partial charge in [-0.3, -0.25) is 0 Å². The van der Waals surface area contributed by atoms with E-state index < -0.39 is 5.41 Å². The van der Waals surface area contributed by atoms with Gasteiger partial charge in [0, 0.05) is 33.1 Å². The standard InChI is InChI=1S/C65H43NO/c1-3-20-44(21-4-1)65(45-22-5-2-6-23-45)57-31-14-11-24-48(57)49-37-36-47(41-58(49)65)66(46-35-34-42-18-7-8-19-43(42)40-46)59-32-15-12-25-50(59)51-29-17-30-53-55-38-39-61-64(56-28-13-16-33-60(56)67-61)63(55)54-27-10-9-26-52(54)62(51)53/h1-5,7-22,24-41H,6,23H2. The van der Waals surface area contributed by atoms with Crippen LogP contribution in [-0.2, 0) is 5.41 Å². The first-order valence-corrected chi connectivity index (χ1v) is 23.5. The molecular formula is C65H43NO. The van der Waals surface area contributed by atoms with Gasteiger partial charge >= 0.3 is 0 Å². The van der Waals surface area contributed by atoms with Gasteiger partial charge in [-0.15, -0.1) is 0 Å². The summed E-state index contributed by atoms with van der Waals surface area (Å²) in [5.74, 6) is 0. The predicted octanol–water partition coefficient (Wildman–Crippen LogP) is 17.9. The van der Waals surface area contributed by atoms with Crippen LogP contribution in [0.3, 0.4) is 0 Å². The van der Waals surface area contributed by atoms with Crippen LogP contribution in [0.4, 0.5) is 17.1 Å². The quantitative estimate of drug-likeness (QED) is 0.155. The lowest BCUT2D eigenvalue weighted by molar-refractivity contribution is 0.669. The van der Waals surface area contributed by atoms with Crippen molar-refractivity contribution in [3.8, 4) is 22.3 Å². The molecule has 1 atom stereocenters. The molecule has 0 fully saturated rings. The molecule has 0 spiro atoms. The fourth-order valence-electron chi connectivity index (χ4n) is 12.0. The molecule has 0 saturated carbocycles. The molecule has 0 radical (unpaired) electrons. The average molecular weight is 854 g/mol. The molecule has 67 heavy (non-hydrogen) atoms. The van der Waals surface area contributed by atoms with Gasteiger partial charge in [0.2, 0.25) is 0 Å². The molecule has 0 amide bonds. The Bertz CT molecular complexity index is 4030. The van der Waals surface area contributed by atoms with Crippen molar-refractivity contribution in [1.29, 1.82) is 0 Å².